The molecule has 0 aliphatic heterocycles. The first kappa shape index (κ1) is 18.5. The Kier molecular flexibility index (Phi) is 7.61. The van der Waals surface area contributed by atoms with Crippen molar-refractivity contribution in [1.82, 2.24) is 0 Å². The minimum atomic E-state index is -2.23. The predicted molar refractivity (Wildman–Crippen MR) is 101 cm³/mol. The highest BCUT2D eigenvalue weighted by molar-refractivity contribution is 7.65. The maximum atomic E-state index is 6.72. The Balaban J connectivity index is 1.70. The lowest BCUT2D eigenvalue weighted by molar-refractivity contribution is 0.0604. The van der Waals surface area contributed by atoms with Crippen molar-refractivity contribution < 1.29 is 13.4 Å². The standard InChI is InChI=1S/C18H35O3P2/c22-21-23(18-14-8-3-9-15-18,19-16-10-4-1-5-11-16)20-17-12-6-2-7-13-17/h16-18H,1-15,22H2/q+1. The molecule has 0 saturated heterocycles. The van der Waals surface area contributed by atoms with E-state index in [9.17, 15) is 0 Å². The Morgan fingerprint density at radius 2 is 0.957 bits per heavy atom. The maximum absolute atomic E-state index is 6.72. The molecular formula is C18H35O3P2+. The van der Waals surface area contributed by atoms with E-state index in [1.807, 2.05) is 0 Å². The van der Waals surface area contributed by atoms with Gasteiger partial charge in [0.1, 0.15) is 12.2 Å². The van der Waals surface area contributed by atoms with Crippen molar-refractivity contribution in [2.75, 3.05) is 0 Å². The maximum Gasteiger partial charge on any atom is 0.417 e. The van der Waals surface area contributed by atoms with E-state index in [0.29, 0.717) is 17.9 Å². The highest BCUT2D eigenvalue weighted by atomic mass is 31.2. The third-order valence-corrected chi connectivity index (χ3v) is 9.64. The van der Waals surface area contributed by atoms with Gasteiger partial charge in [-0.2, -0.15) is 13.4 Å². The second-order valence-corrected chi connectivity index (χ2v) is 10.7. The van der Waals surface area contributed by atoms with Crippen LogP contribution in [0.3, 0.4) is 0 Å². The van der Waals surface area contributed by atoms with Gasteiger partial charge < -0.3 is 0 Å². The smallest absolute Gasteiger partial charge is 0.174 e. The van der Waals surface area contributed by atoms with Crippen LogP contribution < -0.4 is 0 Å². The Morgan fingerprint density at radius 1 is 0.565 bits per heavy atom. The Hall–Kier alpha value is 0.740. The quantitative estimate of drug-likeness (QED) is 0.500. The summed E-state index contributed by atoms with van der Waals surface area (Å²) >= 11 is 0. The van der Waals surface area contributed by atoms with Crippen LogP contribution >= 0.6 is 17.4 Å². The van der Waals surface area contributed by atoms with E-state index in [4.69, 9.17) is 13.4 Å². The first-order valence-electron chi connectivity index (χ1n) is 9.96. The molecule has 3 aliphatic carbocycles. The van der Waals surface area contributed by atoms with Gasteiger partial charge in [-0.15, -0.1) is 0 Å². The fourth-order valence-electron chi connectivity index (χ4n) is 4.49. The van der Waals surface area contributed by atoms with Gasteiger partial charge in [-0.3, -0.25) is 0 Å². The Labute approximate surface area is 145 Å². The molecule has 0 radical (unpaired) electrons. The summed E-state index contributed by atoms with van der Waals surface area (Å²) in [4.78, 5) is 0. The molecule has 0 heterocycles. The zero-order valence-corrected chi connectivity index (χ0v) is 16.6. The molecule has 0 bridgehead atoms. The van der Waals surface area contributed by atoms with Crippen LogP contribution in [0.4, 0.5) is 0 Å². The van der Waals surface area contributed by atoms with Crippen LogP contribution in [-0.2, 0) is 13.4 Å². The zero-order valence-electron chi connectivity index (χ0n) is 14.6. The zero-order chi connectivity index (χ0) is 16.0. The summed E-state index contributed by atoms with van der Waals surface area (Å²) in [5.41, 5.74) is 0.498. The second kappa shape index (κ2) is 9.44. The van der Waals surface area contributed by atoms with Crippen molar-refractivity contribution in [3.8, 4) is 0 Å². The Morgan fingerprint density at radius 3 is 1.35 bits per heavy atom. The van der Waals surface area contributed by atoms with Crippen LogP contribution in [0.2, 0.25) is 0 Å². The van der Waals surface area contributed by atoms with E-state index in [-0.39, 0.29) is 0 Å². The first-order valence-corrected chi connectivity index (χ1v) is 12.0. The molecule has 1 atom stereocenters. The number of hydrogen-bond acceptors (Lipinski definition) is 3. The van der Waals surface area contributed by atoms with Crippen LogP contribution in [-0.4, -0.2) is 17.9 Å². The van der Waals surface area contributed by atoms with E-state index >= 15 is 0 Å². The van der Waals surface area contributed by atoms with E-state index in [1.165, 1.54) is 96.3 Å². The van der Waals surface area contributed by atoms with Crippen LogP contribution in [0.1, 0.15) is 96.3 Å². The van der Waals surface area contributed by atoms with Gasteiger partial charge in [0.15, 0.2) is 5.66 Å². The first-order chi connectivity index (χ1) is 11.3. The van der Waals surface area contributed by atoms with Gasteiger partial charge in [0.2, 0.25) is 0 Å². The largest absolute Gasteiger partial charge is 0.417 e. The fraction of sp³-hybridized carbons (Fsp3) is 1.00. The highest BCUT2D eigenvalue weighted by Gasteiger charge is 2.56. The van der Waals surface area contributed by atoms with Crippen molar-refractivity contribution in [2.45, 2.75) is 114 Å². The molecule has 3 saturated carbocycles. The van der Waals surface area contributed by atoms with Crippen molar-refractivity contribution in [1.29, 1.82) is 0 Å². The monoisotopic (exact) mass is 361 g/mol. The molecule has 0 aromatic heterocycles. The van der Waals surface area contributed by atoms with E-state index in [0.717, 1.165) is 0 Å². The predicted octanol–water partition coefficient (Wildman–Crippen LogP) is 6.59. The molecule has 3 rings (SSSR count). The second-order valence-electron chi connectivity index (χ2n) is 7.67. The van der Waals surface area contributed by atoms with Crippen LogP contribution in [0.25, 0.3) is 0 Å². The van der Waals surface area contributed by atoms with Gasteiger partial charge in [0.25, 0.3) is 0 Å². The third-order valence-electron chi connectivity index (χ3n) is 5.87. The summed E-state index contributed by atoms with van der Waals surface area (Å²) in [6.45, 7) is 0. The van der Waals surface area contributed by atoms with E-state index in [2.05, 4.69) is 9.47 Å². The average molecular weight is 361 g/mol. The lowest BCUT2D eigenvalue weighted by atomic mass is 9.98. The molecule has 5 heteroatoms. The third kappa shape index (κ3) is 5.11. The molecule has 0 amide bonds. The van der Waals surface area contributed by atoms with Crippen LogP contribution in [0.15, 0.2) is 0 Å². The molecule has 3 fully saturated rings. The molecule has 3 nitrogen and oxygen atoms in total. The molecule has 0 aromatic rings. The Bertz CT molecular complexity index is 315. The topological polar surface area (TPSA) is 27.7 Å². The fourth-order valence-corrected chi connectivity index (χ4v) is 8.22. The van der Waals surface area contributed by atoms with Gasteiger partial charge in [-0.05, 0) is 51.4 Å². The molecule has 1 unspecified atom stereocenters. The summed E-state index contributed by atoms with van der Waals surface area (Å²) in [6, 6.07) is 0. The van der Waals surface area contributed by atoms with Crippen molar-refractivity contribution >= 4 is 17.4 Å². The van der Waals surface area contributed by atoms with E-state index < -0.39 is 7.94 Å². The van der Waals surface area contributed by atoms with Gasteiger partial charge >= 0.3 is 7.94 Å². The van der Waals surface area contributed by atoms with Gasteiger partial charge in [-0.1, -0.05) is 44.9 Å². The molecule has 0 spiro atoms. The summed E-state index contributed by atoms with van der Waals surface area (Å²) < 4.78 is 19.5. The summed E-state index contributed by atoms with van der Waals surface area (Å²) in [7, 11) is 0.298. The van der Waals surface area contributed by atoms with Crippen molar-refractivity contribution in [3.05, 3.63) is 0 Å². The molecule has 3 aliphatic rings. The molecule has 134 valence electrons. The van der Waals surface area contributed by atoms with Gasteiger partial charge in [0.05, 0.1) is 9.47 Å². The molecule has 23 heavy (non-hydrogen) atoms. The van der Waals surface area contributed by atoms with Gasteiger partial charge in [0, 0.05) is 0 Å². The normalized spacial score (nSPS) is 26.5. The number of hydrogen-bond donors (Lipinski definition) is 0. The SMILES string of the molecule is PO[P+](OC1CCCCC1)(OC1CCCCC1)C1CCCCC1. The lowest BCUT2D eigenvalue weighted by Crippen LogP contribution is -2.30. The van der Waals surface area contributed by atoms with Crippen molar-refractivity contribution in [3.63, 3.8) is 0 Å². The lowest BCUT2D eigenvalue weighted by Gasteiger charge is -2.36. The molecule has 0 N–H and O–H groups in total. The minimum absolute atomic E-state index is 0.364. The van der Waals surface area contributed by atoms with Crippen molar-refractivity contribution in [2.24, 2.45) is 0 Å². The summed E-state index contributed by atoms with van der Waals surface area (Å²) in [6.07, 6.45) is 19.8. The van der Waals surface area contributed by atoms with Crippen LogP contribution in [0.5, 0.6) is 0 Å². The average Bonchev–Trinajstić information content (AvgIpc) is 2.63. The summed E-state index contributed by atoms with van der Waals surface area (Å²) in [5.74, 6) is 0. The van der Waals surface area contributed by atoms with E-state index in [1.54, 1.807) is 0 Å². The minimum Gasteiger partial charge on any atom is -0.174 e. The van der Waals surface area contributed by atoms with Gasteiger partial charge in [-0.25, -0.2) is 0 Å². The highest BCUT2D eigenvalue weighted by Crippen LogP contribution is 2.72. The molecule has 0 aromatic carbocycles. The van der Waals surface area contributed by atoms with Crippen LogP contribution in [0, 0.1) is 0 Å². The number of rotatable bonds is 6. The summed E-state index contributed by atoms with van der Waals surface area (Å²) in [5, 5.41) is 0. The molecular weight excluding hydrogens is 326 g/mol.